The number of ether oxygens (including phenoxy) is 1. The molecule has 0 N–H and O–H groups in total. The van der Waals surface area contributed by atoms with Crippen molar-refractivity contribution in [3.8, 4) is 0 Å². The van der Waals surface area contributed by atoms with Gasteiger partial charge in [-0.05, 0) is 31.0 Å². The molecule has 2 aliphatic heterocycles. The Kier molecular flexibility index (Phi) is 4.49. The lowest BCUT2D eigenvalue weighted by molar-refractivity contribution is 0.113. The minimum atomic E-state index is -3.63. The lowest BCUT2D eigenvalue weighted by Crippen LogP contribution is -2.52. The molecule has 2 saturated heterocycles. The summed E-state index contributed by atoms with van der Waals surface area (Å²) in [6.07, 6.45) is 1.01. The third kappa shape index (κ3) is 3.03. The highest BCUT2D eigenvalue weighted by molar-refractivity contribution is 7.89. The number of hydrogen-bond acceptors (Lipinski definition) is 4. The fraction of sp³-hybridized carbons (Fsp3) is 0.600. The molecule has 2 heterocycles. The van der Waals surface area contributed by atoms with Gasteiger partial charge in [-0.25, -0.2) is 12.8 Å². The second-order valence-electron chi connectivity index (χ2n) is 5.87. The van der Waals surface area contributed by atoms with Gasteiger partial charge in [0.25, 0.3) is 0 Å². The molecule has 0 amide bonds. The Bertz CT molecular complexity index is 636. The molecule has 0 aromatic heterocycles. The van der Waals surface area contributed by atoms with Crippen molar-refractivity contribution < 1.29 is 17.5 Å². The zero-order valence-corrected chi connectivity index (χ0v) is 13.5. The number of sulfonamides is 1. The summed E-state index contributed by atoms with van der Waals surface area (Å²) in [5.74, 6) is -0.522. The summed E-state index contributed by atoms with van der Waals surface area (Å²) in [6, 6.07) is 4.31. The van der Waals surface area contributed by atoms with Gasteiger partial charge in [0.15, 0.2) is 0 Å². The molecule has 2 aliphatic rings. The van der Waals surface area contributed by atoms with Crippen molar-refractivity contribution in [1.82, 2.24) is 9.21 Å². The maximum Gasteiger partial charge on any atom is 0.243 e. The fourth-order valence-corrected chi connectivity index (χ4v) is 4.77. The van der Waals surface area contributed by atoms with Gasteiger partial charge >= 0.3 is 0 Å². The van der Waals surface area contributed by atoms with E-state index in [2.05, 4.69) is 4.90 Å². The molecule has 0 unspecified atom stereocenters. The number of hydrogen-bond donors (Lipinski definition) is 0. The molecule has 0 radical (unpaired) electrons. The number of nitrogens with zero attached hydrogens (tertiary/aromatic N) is 2. The van der Waals surface area contributed by atoms with Crippen LogP contribution in [-0.2, 0) is 14.8 Å². The van der Waals surface area contributed by atoms with Gasteiger partial charge in [0, 0.05) is 38.8 Å². The van der Waals surface area contributed by atoms with Gasteiger partial charge in [-0.3, -0.25) is 4.90 Å². The largest absolute Gasteiger partial charge is 0.380 e. The molecule has 0 saturated carbocycles. The van der Waals surface area contributed by atoms with Crippen LogP contribution in [-0.4, -0.2) is 63.1 Å². The quantitative estimate of drug-likeness (QED) is 0.837. The Balaban J connectivity index is 1.73. The Morgan fingerprint density at radius 1 is 1.23 bits per heavy atom. The highest BCUT2D eigenvalue weighted by Crippen LogP contribution is 2.23. The highest BCUT2D eigenvalue weighted by atomic mass is 32.2. The second kappa shape index (κ2) is 6.23. The molecular formula is C15H21FN2O3S. The summed E-state index contributed by atoms with van der Waals surface area (Å²) in [6.45, 7) is 5.48. The van der Waals surface area contributed by atoms with Crippen molar-refractivity contribution in [1.29, 1.82) is 0 Å². The lowest BCUT2D eigenvalue weighted by atomic mass is 10.2. The topological polar surface area (TPSA) is 49.9 Å². The summed E-state index contributed by atoms with van der Waals surface area (Å²) in [7, 11) is -3.63. The maximum atomic E-state index is 13.4. The van der Waals surface area contributed by atoms with Crippen molar-refractivity contribution >= 4 is 10.0 Å². The van der Waals surface area contributed by atoms with Crippen LogP contribution in [0.25, 0.3) is 0 Å². The van der Waals surface area contributed by atoms with E-state index in [9.17, 15) is 12.8 Å². The monoisotopic (exact) mass is 328 g/mol. The number of rotatable bonds is 3. The zero-order chi connectivity index (χ0) is 15.7. The summed E-state index contributed by atoms with van der Waals surface area (Å²) < 4.78 is 45.7. The van der Waals surface area contributed by atoms with E-state index >= 15 is 0 Å². The molecule has 3 rings (SSSR count). The molecule has 7 heteroatoms. The van der Waals surface area contributed by atoms with E-state index in [-0.39, 0.29) is 4.90 Å². The maximum absolute atomic E-state index is 13.4. The number of benzene rings is 1. The molecule has 0 aliphatic carbocycles. The van der Waals surface area contributed by atoms with Crippen LogP contribution in [0, 0.1) is 12.7 Å². The van der Waals surface area contributed by atoms with Gasteiger partial charge < -0.3 is 4.74 Å². The predicted molar refractivity (Wildman–Crippen MR) is 80.7 cm³/mol. The highest BCUT2D eigenvalue weighted by Gasteiger charge is 2.33. The Morgan fingerprint density at radius 2 is 1.95 bits per heavy atom. The van der Waals surface area contributed by atoms with Gasteiger partial charge in [0.1, 0.15) is 5.82 Å². The van der Waals surface area contributed by atoms with Crippen molar-refractivity contribution in [3.05, 3.63) is 29.6 Å². The molecular weight excluding hydrogens is 307 g/mol. The molecule has 0 spiro atoms. The van der Waals surface area contributed by atoms with E-state index < -0.39 is 15.8 Å². The zero-order valence-electron chi connectivity index (χ0n) is 12.7. The predicted octanol–water partition coefficient (Wildman–Crippen LogP) is 1.23. The molecule has 2 fully saturated rings. The molecule has 0 bridgehead atoms. The van der Waals surface area contributed by atoms with Gasteiger partial charge in [0.2, 0.25) is 10.0 Å². The van der Waals surface area contributed by atoms with Gasteiger partial charge in [-0.15, -0.1) is 0 Å². The molecule has 122 valence electrons. The first-order valence-corrected chi connectivity index (χ1v) is 9.00. The van der Waals surface area contributed by atoms with Crippen molar-refractivity contribution in [3.63, 3.8) is 0 Å². The van der Waals surface area contributed by atoms with E-state index in [0.717, 1.165) is 25.7 Å². The van der Waals surface area contributed by atoms with Crippen LogP contribution in [0.5, 0.6) is 0 Å². The lowest BCUT2D eigenvalue weighted by Gasteiger charge is -2.37. The molecule has 1 aromatic rings. The van der Waals surface area contributed by atoms with Crippen LogP contribution < -0.4 is 0 Å². The molecule has 22 heavy (non-hydrogen) atoms. The van der Waals surface area contributed by atoms with Gasteiger partial charge in [0.05, 0.1) is 11.5 Å². The second-order valence-corrected chi connectivity index (χ2v) is 7.77. The van der Waals surface area contributed by atoms with Crippen LogP contribution in [0.15, 0.2) is 23.1 Å². The average molecular weight is 328 g/mol. The molecule has 1 atom stereocenters. The summed E-state index contributed by atoms with van der Waals surface area (Å²) >= 11 is 0. The van der Waals surface area contributed by atoms with Crippen LogP contribution >= 0.6 is 0 Å². The molecule has 1 aromatic carbocycles. The molecule has 5 nitrogen and oxygen atoms in total. The van der Waals surface area contributed by atoms with E-state index in [1.165, 1.54) is 16.4 Å². The summed E-state index contributed by atoms with van der Waals surface area (Å²) in [5.41, 5.74) is 0.577. The number of halogens is 1. The average Bonchev–Trinajstić information content (AvgIpc) is 3.04. The van der Waals surface area contributed by atoms with Crippen LogP contribution in [0.3, 0.4) is 0 Å². The third-order valence-corrected chi connectivity index (χ3v) is 6.50. The number of aryl methyl sites for hydroxylation is 1. The third-order valence-electron chi connectivity index (χ3n) is 4.46. The standard InChI is InChI=1S/C15H21FN2O3S/c1-12-2-3-13(16)10-15(12)22(19,20)18-7-5-17(6-8-18)14-4-9-21-11-14/h2-3,10,14H,4-9,11H2,1H3/t14-/m0/s1. The minimum absolute atomic E-state index is 0.0742. The van der Waals surface area contributed by atoms with Crippen LogP contribution in [0.1, 0.15) is 12.0 Å². The normalized spacial score (nSPS) is 24.7. The van der Waals surface area contributed by atoms with Gasteiger partial charge in [-0.1, -0.05) is 6.07 Å². The smallest absolute Gasteiger partial charge is 0.243 e. The Hall–Kier alpha value is -1.02. The van der Waals surface area contributed by atoms with Crippen LogP contribution in [0.2, 0.25) is 0 Å². The van der Waals surface area contributed by atoms with Crippen molar-refractivity contribution in [2.75, 3.05) is 39.4 Å². The van der Waals surface area contributed by atoms with Crippen molar-refractivity contribution in [2.24, 2.45) is 0 Å². The SMILES string of the molecule is Cc1ccc(F)cc1S(=O)(=O)N1CCN([C@H]2CCOC2)CC1. The van der Waals surface area contributed by atoms with E-state index in [1.807, 2.05) is 0 Å². The number of piperazine rings is 1. The van der Waals surface area contributed by atoms with Crippen LogP contribution in [0.4, 0.5) is 4.39 Å². The first-order chi connectivity index (χ1) is 10.5. The van der Waals surface area contributed by atoms with Crippen molar-refractivity contribution in [2.45, 2.75) is 24.3 Å². The fourth-order valence-electron chi connectivity index (χ4n) is 3.11. The first-order valence-electron chi connectivity index (χ1n) is 7.56. The van der Waals surface area contributed by atoms with E-state index in [0.29, 0.717) is 37.8 Å². The minimum Gasteiger partial charge on any atom is -0.380 e. The first kappa shape index (κ1) is 15.9. The summed E-state index contributed by atoms with van der Waals surface area (Å²) in [4.78, 5) is 2.36. The Labute approximate surface area is 130 Å². The van der Waals surface area contributed by atoms with Gasteiger partial charge in [-0.2, -0.15) is 4.31 Å². The summed E-state index contributed by atoms with van der Waals surface area (Å²) in [5, 5.41) is 0. The van der Waals surface area contributed by atoms with E-state index in [1.54, 1.807) is 6.92 Å². The van der Waals surface area contributed by atoms with E-state index in [4.69, 9.17) is 4.74 Å². The Morgan fingerprint density at radius 3 is 2.59 bits per heavy atom.